The summed E-state index contributed by atoms with van der Waals surface area (Å²) in [6.07, 6.45) is 1.72. The predicted octanol–water partition coefficient (Wildman–Crippen LogP) is 2.04. The van der Waals surface area contributed by atoms with Crippen LogP contribution in [0.4, 0.5) is 0 Å². The zero-order valence-corrected chi connectivity index (χ0v) is 12.5. The summed E-state index contributed by atoms with van der Waals surface area (Å²) < 4.78 is 0. The molecule has 4 heteroatoms. The molecule has 22 heavy (non-hydrogen) atoms. The zero-order chi connectivity index (χ0) is 14.8. The van der Waals surface area contributed by atoms with Crippen LogP contribution in [0, 0.1) is 11.8 Å². The number of piperidine rings is 1. The summed E-state index contributed by atoms with van der Waals surface area (Å²) in [6.45, 7) is 1.86. The largest absolute Gasteiger partial charge is 0.392 e. The van der Waals surface area contributed by atoms with E-state index in [9.17, 15) is 9.90 Å². The maximum atomic E-state index is 12.1. The Morgan fingerprint density at radius 2 is 2.14 bits per heavy atom. The fourth-order valence-corrected chi connectivity index (χ4v) is 4.95. The molecule has 0 unspecified atom stereocenters. The predicted molar refractivity (Wildman–Crippen MR) is 83.5 cm³/mol. The van der Waals surface area contributed by atoms with E-state index in [0.717, 1.165) is 25.9 Å². The second-order valence-electron chi connectivity index (χ2n) is 7.09. The molecule has 0 radical (unpaired) electrons. The number of aliphatic hydroxyl groups excluding tert-OH is 1. The van der Waals surface area contributed by atoms with Crippen molar-refractivity contribution >= 4 is 16.7 Å². The smallest absolute Gasteiger partial charge is 0.139 e. The van der Waals surface area contributed by atoms with Crippen molar-refractivity contribution in [1.82, 2.24) is 9.88 Å². The highest BCUT2D eigenvalue weighted by Crippen LogP contribution is 2.48. The number of para-hydroxylation sites is 1. The molecule has 1 saturated carbocycles. The Bertz CT molecular complexity index is 766. The number of ketones is 1. The van der Waals surface area contributed by atoms with E-state index >= 15 is 0 Å². The van der Waals surface area contributed by atoms with E-state index in [1.165, 1.54) is 22.2 Å². The zero-order valence-electron chi connectivity index (χ0n) is 12.5. The Hall–Kier alpha value is -1.65. The van der Waals surface area contributed by atoms with Crippen LogP contribution in [0.25, 0.3) is 10.9 Å². The Morgan fingerprint density at radius 3 is 3.05 bits per heavy atom. The van der Waals surface area contributed by atoms with Gasteiger partial charge >= 0.3 is 0 Å². The minimum absolute atomic E-state index is 0.135. The summed E-state index contributed by atoms with van der Waals surface area (Å²) >= 11 is 0. The first kappa shape index (κ1) is 12.9. The highest BCUT2D eigenvalue weighted by Gasteiger charge is 2.49. The van der Waals surface area contributed by atoms with E-state index < -0.39 is 6.10 Å². The summed E-state index contributed by atoms with van der Waals surface area (Å²) in [5.74, 6) is 0.573. The average Bonchev–Trinajstić information content (AvgIpc) is 2.91. The number of hydrogen-bond acceptors (Lipinski definition) is 3. The van der Waals surface area contributed by atoms with Crippen molar-refractivity contribution < 1.29 is 9.90 Å². The van der Waals surface area contributed by atoms with Gasteiger partial charge < -0.3 is 10.1 Å². The minimum Gasteiger partial charge on any atom is -0.392 e. The van der Waals surface area contributed by atoms with Gasteiger partial charge in [-0.2, -0.15) is 0 Å². The number of Topliss-reactive ketones (excluding diaryl/α,β-unsaturated/α-hetero) is 1. The van der Waals surface area contributed by atoms with Crippen molar-refractivity contribution in [1.29, 1.82) is 0 Å². The summed E-state index contributed by atoms with van der Waals surface area (Å²) in [4.78, 5) is 18.1. The van der Waals surface area contributed by atoms with Gasteiger partial charge in [-0.15, -0.1) is 0 Å². The molecule has 0 spiro atoms. The number of rotatable bonds is 0. The van der Waals surface area contributed by atoms with Gasteiger partial charge in [-0.3, -0.25) is 9.69 Å². The molecule has 1 aromatic carbocycles. The summed E-state index contributed by atoms with van der Waals surface area (Å²) in [5, 5.41) is 11.8. The molecular formula is C18H20N2O2. The molecule has 5 rings (SSSR count). The molecule has 3 heterocycles. The van der Waals surface area contributed by atoms with Crippen LogP contribution in [0.15, 0.2) is 24.3 Å². The molecule has 0 amide bonds. The molecule has 1 saturated heterocycles. The lowest BCUT2D eigenvalue weighted by molar-refractivity contribution is -0.139. The summed E-state index contributed by atoms with van der Waals surface area (Å²) in [5.41, 5.74) is 3.89. The van der Waals surface area contributed by atoms with E-state index in [2.05, 4.69) is 34.1 Å². The lowest BCUT2D eigenvalue weighted by Gasteiger charge is -2.50. The number of aromatic nitrogens is 1. The first-order valence-corrected chi connectivity index (χ1v) is 8.26. The van der Waals surface area contributed by atoms with Crippen LogP contribution in [-0.4, -0.2) is 40.0 Å². The summed E-state index contributed by atoms with van der Waals surface area (Å²) in [7, 11) is 0. The van der Waals surface area contributed by atoms with Gasteiger partial charge in [-0.25, -0.2) is 0 Å². The monoisotopic (exact) mass is 296 g/mol. The van der Waals surface area contributed by atoms with Gasteiger partial charge in [0.05, 0.1) is 12.1 Å². The van der Waals surface area contributed by atoms with Gasteiger partial charge in [0.15, 0.2) is 0 Å². The van der Waals surface area contributed by atoms with Crippen molar-refractivity contribution in [3.05, 3.63) is 35.5 Å². The highest BCUT2D eigenvalue weighted by molar-refractivity contribution is 5.86. The van der Waals surface area contributed by atoms with Crippen LogP contribution in [-0.2, 0) is 11.2 Å². The van der Waals surface area contributed by atoms with Crippen molar-refractivity contribution in [2.45, 2.75) is 31.4 Å². The molecule has 2 fully saturated rings. The molecule has 2 aromatic rings. The standard InChI is InChI=1S/C18H20N2O2/c21-15-8-16(22)13-7-10(15)9-20-6-5-12-11-3-1-2-4-14(11)19-17(12)18(13)20/h1-4,10,13,16,18-19,22H,5-9H2/t10-,13-,16+,18+/m1/s1. The quantitative estimate of drug-likeness (QED) is 0.782. The van der Waals surface area contributed by atoms with Crippen molar-refractivity contribution in [3.63, 3.8) is 0 Å². The number of aliphatic hydroxyl groups is 1. The van der Waals surface area contributed by atoms with Crippen LogP contribution in [0.1, 0.15) is 30.1 Å². The molecule has 4 nitrogen and oxygen atoms in total. The number of benzene rings is 1. The van der Waals surface area contributed by atoms with Gasteiger partial charge in [0.1, 0.15) is 5.78 Å². The summed E-state index contributed by atoms with van der Waals surface area (Å²) in [6, 6.07) is 8.72. The van der Waals surface area contributed by atoms with E-state index in [4.69, 9.17) is 0 Å². The molecule has 3 aliphatic rings. The molecule has 4 atom stereocenters. The van der Waals surface area contributed by atoms with Crippen LogP contribution < -0.4 is 0 Å². The third-order valence-corrected chi connectivity index (χ3v) is 5.96. The average molecular weight is 296 g/mol. The number of hydrogen-bond donors (Lipinski definition) is 2. The number of nitrogens with zero attached hydrogens (tertiary/aromatic N) is 1. The normalized spacial score (nSPS) is 34.5. The Labute approximate surface area is 129 Å². The van der Waals surface area contributed by atoms with Gasteiger partial charge in [0, 0.05) is 47.9 Å². The first-order valence-electron chi connectivity index (χ1n) is 8.26. The van der Waals surface area contributed by atoms with Gasteiger partial charge in [0.25, 0.3) is 0 Å². The topological polar surface area (TPSA) is 56.3 Å². The number of nitrogens with one attached hydrogen (secondary N) is 1. The Kier molecular flexibility index (Phi) is 2.59. The lowest BCUT2D eigenvalue weighted by atomic mass is 9.69. The molecule has 2 bridgehead atoms. The lowest BCUT2D eigenvalue weighted by Crippen LogP contribution is -2.54. The van der Waals surface area contributed by atoms with Gasteiger partial charge in [-0.05, 0) is 24.5 Å². The SMILES string of the molecule is O=C1C[C@H](O)[C@H]2C[C@@H]1CN1CCc3c([nH]c4ccccc34)[C@H]21. The van der Waals surface area contributed by atoms with Crippen molar-refractivity contribution in [2.24, 2.45) is 11.8 Å². The molecule has 2 aliphatic heterocycles. The molecule has 114 valence electrons. The number of aromatic amines is 1. The Balaban J connectivity index is 1.65. The fraction of sp³-hybridized carbons (Fsp3) is 0.500. The Morgan fingerprint density at radius 1 is 1.27 bits per heavy atom. The molecule has 2 N–H and O–H groups in total. The number of H-pyrrole nitrogens is 1. The maximum absolute atomic E-state index is 12.1. The van der Waals surface area contributed by atoms with E-state index in [0.29, 0.717) is 6.42 Å². The number of fused-ring (bicyclic) bond motifs is 8. The van der Waals surface area contributed by atoms with Crippen LogP contribution in [0.3, 0.4) is 0 Å². The maximum Gasteiger partial charge on any atom is 0.139 e. The fourth-order valence-electron chi connectivity index (χ4n) is 4.95. The third-order valence-electron chi connectivity index (χ3n) is 5.96. The van der Waals surface area contributed by atoms with Crippen LogP contribution >= 0.6 is 0 Å². The van der Waals surface area contributed by atoms with Gasteiger partial charge in [-0.1, -0.05) is 18.2 Å². The van der Waals surface area contributed by atoms with E-state index in [1.807, 2.05) is 0 Å². The van der Waals surface area contributed by atoms with E-state index in [1.54, 1.807) is 0 Å². The first-order chi connectivity index (χ1) is 10.7. The van der Waals surface area contributed by atoms with Crippen molar-refractivity contribution in [3.8, 4) is 0 Å². The van der Waals surface area contributed by atoms with Crippen LogP contribution in [0.5, 0.6) is 0 Å². The minimum atomic E-state index is -0.492. The number of carbonyl (C=O) groups excluding carboxylic acids is 1. The molecular weight excluding hydrogens is 276 g/mol. The van der Waals surface area contributed by atoms with E-state index in [-0.39, 0.29) is 23.7 Å². The second kappa shape index (κ2) is 4.43. The molecule has 1 aliphatic carbocycles. The molecule has 1 aromatic heterocycles. The number of carbonyl (C=O) groups is 1. The van der Waals surface area contributed by atoms with Crippen LogP contribution in [0.2, 0.25) is 0 Å². The highest BCUT2D eigenvalue weighted by atomic mass is 16.3. The van der Waals surface area contributed by atoms with Crippen molar-refractivity contribution in [2.75, 3.05) is 13.1 Å². The van der Waals surface area contributed by atoms with Gasteiger partial charge in [0.2, 0.25) is 0 Å². The third kappa shape index (κ3) is 1.62. The second-order valence-corrected chi connectivity index (χ2v) is 7.09.